The van der Waals surface area contributed by atoms with Crippen LogP contribution in [-0.2, 0) is 9.53 Å². The van der Waals surface area contributed by atoms with Gasteiger partial charge in [0.05, 0.1) is 6.42 Å². The molecule has 1 rings (SSSR count). The highest BCUT2D eigenvalue weighted by atomic mass is 16.5. The van der Waals surface area contributed by atoms with Gasteiger partial charge in [-0.05, 0) is 32.1 Å². The number of aliphatic hydroxyl groups excluding tert-OH is 1. The highest BCUT2D eigenvalue weighted by molar-refractivity contribution is 5.71. The van der Waals surface area contributed by atoms with Gasteiger partial charge in [-0.15, -0.1) is 0 Å². The highest BCUT2D eigenvalue weighted by Gasteiger charge is 2.15. The molecule has 0 atom stereocenters. The number of esters is 1. The number of carbonyl (C=O) groups is 1. The fourth-order valence-electron chi connectivity index (χ4n) is 1.97. The predicted octanol–water partition coefficient (Wildman–Crippen LogP) is 2.58. The Kier molecular flexibility index (Phi) is 6.90. The molecule has 0 aromatic carbocycles. The van der Waals surface area contributed by atoms with Crippen LogP contribution in [0.3, 0.4) is 0 Å². The van der Waals surface area contributed by atoms with Crippen LogP contribution in [0.15, 0.2) is 12.2 Å². The molecule has 1 N–H and O–H groups in total. The number of rotatable bonds is 5. The highest BCUT2D eigenvalue weighted by Crippen LogP contribution is 2.20. The second kappa shape index (κ2) is 8.34. The third-order valence-electron chi connectivity index (χ3n) is 2.85. The summed E-state index contributed by atoms with van der Waals surface area (Å²) in [5.74, 6) is -0.138. The normalized spacial score (nSPS) is 18.6. The van der Waals surface area contributed by atoms with E-state index in [2.05, 4.69) is 0 Å². The molecule has 3 heteroatoms. The van der Waals surface area contributed by atoms with Gasteiger partial charge >= 0.3 is 5.97 Å². The summed E-state index contributed by atoms with van der Waals surface area (Å²) >= 11 is 0. The fourth-order valence-corrected chi connectivity index (χ4v) is 1.97. The van der Waals surface area contributed by atoms with Gasteiger partial charge in [0, 0.05) is 6.61 Å². The van der Waals surface area contributed by atoms with Gasteiger partial charge in [0.1, 0.15) is 6.10 Å². The lowest BCUT2D eigenvalue weighted by Gasteiger charge is -2.14. The minimum absolute atomic E-state index is 0.133. The summed E-state index contributed by atoms with van der Waals surface area (Å²) in [6.45, 7) is 0.133. The van der Waals surface area contributed by atoms with Crippen LogP contribution in [-0.4, -0.2) is 23.8 Å². The standard InChI is InChI=1S/C13H22O3/c14-11-7-3-6-10-13(15)16-12-8-4-1-2-5-9-12/h3,6,12,14H,1-2,4-5,7-11H2/b6-3-. The zero-order valence-electron chi connectivity index (χ0n) is 9.86. The molecule has 3 nitrogen and oxygen atoms in total. The van der Waals surface area contributed by atoms with Gasteiger partial charge in [0.2, 0.25) is 0 Å². The Morgan fingerprint density at radius 1 is 1.19 bits per heavy atom. The first-order valence-corrected chi connectivity index (χ1v) is 6.28. The van der Waals surface area contributed by atoms with Crippen molar-refractivity contribution in [2.45, 2.75) is 57.5 Å². The van der Waals surface area contributed by atoms with Crippen molar-refractivity contribution >= 4 is 5.97 Å². The zero-order chi connectivity index (χ0) is 11.6. The van der Waals surface area contributed by atoms with Crippen LogP contribution < -0.4 is 0 Å². The molecule has 0 aromatic rings. The third kappa shape index (κ3) is 5.91. The quantitative estimate of drug-likeness (QED) is 0.445. The molecule has 1 aliphatic rings. The van der Waals surface area contributed by atoms with Gasteiger partial charge in [-0.3, -0.25) is 4.79 Å². The molecular weight excluding hydrogens is 204 g/mol. The molecule has 0 unspecified atom stereocenters. The molecule has 0 aromatic heterocycles. The minimum atomic E-state index is -0.138. The molecule has 0 radical (unpaired) electrons. The van der Waals surface area contributed by atoms with Crippen molar-refractivity contribution in [2.75, 3.05) is 6.61 Å². The smallest absolute Gasteiger partial charge is 0.309 e. The first kappa shape index (κ1) is 13.2. The van der Waals surface area contributed by atoms with Crippen molar-refractivity contribution in [1.29, 1.82) is 0 Å². The van der Waals surface area contributed by atoms with Crippen molar-refractivity contribution in [3.05, 3.63) is 12.2 Å². The van der Waals surface area contributed by atoms with Crippen molar-refractivity contribution in [1.82, 2.24) is 0 Å². The summed E-state index contributed by atoms with van der Waals surface area (Å²) < 4.78 is 5.40. The fraction of sp³-hybridized carbons (Fsp3) is 0.769. The predicted molar refractivity (Wildman–Crippen MR) is 63.0 cm³/mol. The van der Waals surface area contributed by atoms with Crippen LogP contribution >= 0.6 is 0 Å². The number of hydrogen-bond acceptors (Lipinski definition) is 3. The maximum Gasteiger partial charge on any atom is 0.309 e. The van der Waals surface area contributed by atoms with E-state index in [4.69, 9.17) is 9.84 Å². The summed E-state index contributed by atoms with van der Waals surface area (Å²) in [5.41, 5.74) is 0. The molecule has 0 saturated heterocycles. The van der Waals surface area contributed by atoms with Crippen LogP contribution in [0.5, 0.6) is 0 Å². The molecule has 0 spiro atoms. The molecule has 0 heterocycles. The SMILES string of the molecule is O=C(C/C=C\CCO)OC1CCCCCC1. The maximum atomic E-state index is 11.5. The second-order valence-electron chi connectivity index (χ2n) is 4.29. The molecule has 16 heavy (non-hydrogen) atoms. The topological polar surface area (TPSA) is 46.5 Å². The number of ether oxygens (including phenoxy) is 1. The number of aliphatic hydroxyl groups is 1. The molecule has 0 aliphatic heterocycles. The van der Waals surface area contributed by atoms with E-state index >= 15 is 0 Å². The van der Waals surface area contributed by atoms with Crippen LogP contribution in [0.25, 0.3) is 0 Å². The summed E-state index contributed by atoms with van der Waals surface area (Å²) in [6.07, 6.45) is 11.6. The van der Waals surface area contributed by atoms with E-state index in [1.165, 1.54) is 25.7 Å². The van der Waals surface area contributed by atoms with E-state index < -0.39 is 0 Å². The largest absolute Gasteiger partial charge is 0.462 e. The Hall–Kier alpha value is -0.830. The van der Waals surface area contributed by atoms with Crippen LogP contribution in [0.1, 0.15) is 51.4 Å². The average Bonchev–Trinajstić information content (AvgIpc) is 2.53. The van der Waals surface area contributed by atoms with Crippen molar-refractivity contribution in [3.8, 4) is 0 Å². The third-order valence-corrected chi connectivity index (χ3v) is 2.85. The minimum Gasteiger partial charge on any atom is -0.462 e. The number of hydrogen-bond donors (Lipinski definition) is 1. The molecule has 1 aliphatic carbocycles. The van der Waals surface area contributed by atoms with E-state index in [9.17, 15) is 4.79 Å². The van der Waals surface area contributed by atoms with Gasteiger partial charge in [-0.1, -0.05) is 25.0 Å². The Labute approximate surface area is 97.5 Å². The Bertz CT molecular complexity index is 215. The molecule has 0 bridgehead atoms. The Balaban J connectivity index is 2.16. The first-order valence-electron chi connectivity index (χ1n) is 6.28. The van der Waals surface area contributed by atoms with E-state index in [0.29, 0.717) is 12.8 Å². The summed E-state index contributed by atoms with van der Waals surface area (Å²) in [6, 6.07) is 0. The van der Waals surface area contributed by atoms with Gasteiger partial charge in [-0.25, -0.2) is 0 Å². The van der Waals surface area contributed by atoms with E-state index in [0.717, 1.165) is 12.8 Å². The summed E-state index contributed by atoms with van der Waals surface area (Å²) in [5, 5.41) is 8.56. The summed E-state index contributed by atoms with van der Waals surface area (Å²) in [4.78, 5) is 11.5. The van der Waals surface area contributed by atoms with Gasteiger partial charge < -0.3 is 9.84 Å². The van der Waals surface area contributed by atoms with Crippen LogP contribution in [0, 0.1) is 0 Å². The zero-order valence-corrected chi connectivity index (χ0v) is 9.86. The number of carbonyl (C=O) groups excluding carboxylic acids is 1. The molecule has 92 valence electrons. The van der Waals surface area contributed by atoms with E-state index in [1.807, 2.05) is 6.08 Å². The van der Waals surface area contributed by atoms with Crippen LogP contribution in [0.4, 0.5) is 0 Å². The molecule has 1 fully saturated rings. The van der Waals surface area contributed by atoms with Crippen molar-refractivity contribution in [3.63, 3.8) is 0 Å². The van der Waals surface area contributed by atoms with Crippen molar-refractivity contribution in [2.24, 2.45) is 0 Å². The average molecular weight is 226 g/mol. The van der Waals surface area contributed by atoms with Crippen LogP contribution in [0.2, 0.25) is 0 Å². The van der Waals surface area contributed by atoms with Gasteiger partial charge in [0.15, 0.2) is 0 Å². The molecule has 0 amide bonds. The lowest BCUT2D eigenvalue weighted by Crippen LogP contribution is -2.16. The lowest BCUT2D eigenvalue weighted by molar-refractivity contribution is -0.148. The van der Waals surface area contributed by atoms with Crippen molar-refractivity contribution < 1.29 is 14.6 Å². The molecule has 1 saturated carbocycles. The Morgan fingerprint density at radius 3 is 2.50 bits per heavy atom. The van der Waals surface area contributed by atoms with E-state index in [-0.39, 0.29) is 18.7 Å². The summed E-state index contributed by atoms with van der Waals surface area (Å²) in [7, 11) is 0. The molecular formula is C13H22O3. The van der Waals surface area contributed by atoms with Gasteiger partial charge in [-0.2, -0.15) is 0 Å². The lowest BCUT2D eigenvalue weighted by atomic mass is 10.1. The maximum absolute atomic E-state index is 11.5. The van der Waals surface area contributed by atoms with Gasteiger partial charge in [0.25, 0.3) is 0 Å². The first-order chi connectivity index (χ1) is 7.83. The second-order valence-corrected chi connectivity index (χ2v) is 4.29. The monoisotopic (exact) mass is 226 g/mol. The van der Waals surface area contributed by atoms with E-state index in [1.54, 1.807) is 6.08 Å². The Morgan fingerprint density at radius 2 is 1.88 bits per heavy atom.